The van der Waals surface area contributed by atoms with Gasteiger partial charge in [0.1, 0.15) is 6.54 Å². The number of hydrogen-bond acceptors (Lipinski definition) is 4. The number of H-pyrrole nitrogens is 1. The number of nitrogens with zero attached hydrogens (tertiary/aromatic N) is 3. The van der Waals surface area contributed by atoms with Crippen LogP contribution in [0.5, 0.6) is 0 Å². The third-order valence-electron chi connectivity index (χ3n) is 3.38. The van der Waals surface area contributed by atoms with Crippen LogP contribution in [0.15, 0.2) is 24.3 Å². The molecule has 0 saturated heterocycles. The molecule has 0 fully saturated rings. The Labute approximate surface area is 121 Å². The highest BCUT2D eigenvalue weighted by Gasteiger charge is 2.12. The van der Waals surface area contributed by atoms with Gasteiger partial charge in [-0.1, -0.05) is 12.1 Å². The van der Waals surface area contributed by atoms with E-state index in [0.717, 1.165) is 22.4 Å². The van der Waals surface area contributed by atoms with E-state index in [2.05, 4.69) is 20.4 Å². The molecule has 0 radical (unpaired) electrons. The van der Waals surface area contributed by atoms with Crippen molar-refractivity contribution >= 4 is 28.6 Å². The molecule has 0 saturated carbocycles. The molecule has 1 aromatic carbocycles. The fraction of sp³-hybridized carbons (Fsp3) is 0.214. The number of anilines is 2. The van der Waals surface area contributed by atoms with Gasteiger partial charge < -0.3 is 10.7 Å². The summed E-state index contributed by atoms with van der Waals surface area (Å²) in [5.74, 6) is 0.218. The first kappa shape index (κ1) is 13.2. The summed E-state index contributed by atoms with van der Waals surface area (Å²) in [4.78, 5) is 19.4. The summed E-state index contributed by atoms with van der Waals surface area (Å²) in [6, 6.07) is 7.58. The average Bonchev–Trinajstić information content (AvgIpc) is 2.95. The summed E-state index contributed by atoms with van der Waals surface area (Å²) in [5.41, 5.74) is 9.66. The number of aromatic amines is 1. The highest BCUT2D eigenvalue weighted by Crippen LogP contribution is 2.15. The Bertz CT molecular complexity index is 783. The molecule has 0 aliphatic rings. The monoisotopic (exact) mass is 284 g/mol. The molecule has 0 bridgehead atoms. The largest absolute Gasteiger partial charge is 0.396 e. The quantitative estimate of drug-likeness (QED) is 0.679. The van der Waals surface area contributed by atoms with Crippen molar-refractivity contribution in [2.45, 2.75) is 20.4 Å². The van der Waals surface area contributed by atoms with Crippen LogP contribution in [0.25, 0.3) is 11.0 Å². The van der Waals surface area contributed by atoms with E-state index >= 15 is 0 Å². The van der Waals surface area contributed by atoms with Gasteiger partial charge in [-0.15, -0.1) is 0 Å². The van der Waals surface area contributed by atoms with Crippen LogP contribution in [-0.2, 0) is 11.3 Å². The maximum Gasteiger partial charge on any atom is 0.248 e. The predicted octanol–water partition coefficient (Wildman–Crippen LogP) is 1.60. The van der Waals surface area contributed by atoms with E-state index in [4.69, 9.17) is 5.73 Å². The first-order valence-corrected chi connectivity index (χ1v) is 6.58. The number of para-hydroxylation sites is 2. The van der Waals surface area contributed by atoms with Crippen molar-refractivity contribution in [2.75, 3.05) is 11.1 Å². The van der Waals surface area contributed by atoms with Crippen molar-refractivity contribution < 1.29 is 4.79 Å². The maximum absolute atomic E-state index is 12.1. The number of carbonyl (C=O) groups is 1. The lowest BCUT2D eigenvalue weighted by molar-refractivity contribution is -0.117. The van der Waals surface area contributed by atoms with Gasteiger partial charge in [0, 0.05) is 0 Å². The number of aryl methyl sites for hydroxylation is 1. The minimum atomic E-state index is -0.209. The van der Waals surface area contributed by atoms with E-state index in [9.17, 15) is 4.79 Å². The van der Waals surface area contributed by atoms with Crippen molar-refractivity contribution in [3.05, 3.63) is 35.7 Å². The molecule has 2 aromatic heterocycles. The maximum atomic E-state index is 12.1. The first-order valence-electron chi connectivity index (χ1n) is 6.58. The second-order valence-corrected chi connectivity index (χ2v) is 4.89. The number of nitrogen functional groups attached to an aromatic ring is 1. The van der Waals surface area contributed by atoms with Gasteiger partial charge in [-0.2, -0.15) is 5.10 Å². The SMILES string of the molecule is Cc1nn(CC(=O)Nc2nc3ccccc3[nH]2)c(C)c1N. The molecule has 1 amide bonds. The van der Waals surface area contributed by atoms with Crippen molar-refractivity contribution in [3.8, 4) is 0 Å². The average molecular weight is 284 g/mol. The Hall–Kier alpha value is -2.83. The van der Waals surface area contributed by atoms with Gasteiger partial charge in [-0.3, -0.25) is 14.8 Å². The van der Waals surface area contributed by atoms with Crippen molar-refractivity contribution in [1.29, 1.82) is 0 Å². The Balaban J connectivity index is 1.75. The normalized spacial score (nSPS) is 11.0. The number of aromatic nitrogens is 4. The molecule has 7 heteroatoms. The number of imidazole rings is 1. The van der Waals surface area contributed by atoms with E-state index in [1.165, 1.54) is 0 Å². The summed E-state index contributed by atoms with van der Waals surface area (Å²) < 4.78 is 1.59. The summed E-state index contributed by atoms with van der Waals surface area (Å²) in [5, 5.41) is 6.96. The molecular weight excluding hydrogens is 268 g/mol. The van der Waals surface area contributed by atoms with Crippen LogP contribution in [-0.4, -0.2) is 25.7 Å². The molecule has 7 nitrogen and oxygen atoms in total. The number of nitrogens with one attached hydrogen (secondary N) is 2. The number of nitrogens with two attached hydrogens (primary N) is 1. The van der Waals surface area contributed by atoms with Gasteiger partial charge in [0.05, 0.1) is 28.1 Å². The van der Waals surface area contributed by atoms with Crippen molar-refractivity contribution in [2.24, 2.45) is 0 Å². The van der Waals surface area contributed by atoms with Crippen LogP contribution < -0.4 is 11.1 Å². The van der Waals surface area contributed by atoms with Gasteiger partial charge >= 0.3 is 0 Å². The zero-order chi connectivity index (χ0) is 15.0. The summed E-state index contributed by atoms with van der Waals surface area (Å²) in [6.07, 6.45) is 0. The van der Waals surface area contributed by atoms with Crippen LogP contribution in [0.1, 0.15) is 11.4 Å². The molecule has 0 atom stereocenters. The van der Waals surface area contributed by atoms with Crippen LogP contribution in [0.4, 0.5) is 11.6 Å². The highest BCUT2D eigenvalue weighted by molar-refractivity contribution is 5.91. The van der Waals surface area contributed by atoms with Crippen LogP contribution in [0.3, 0.4) is 0 Å². The standard InChI is InChI=1S/C14H16N6O/c1-8-13(15)9(2)20(19-8)7-12(21)18-14-16-10-5-3-4-6-11(10)17-14/h3-6H,7,15H2,1-2H3,(H2,16,17,18,21). The molecule has 4 N–H and O–H groups in total. The fourth-order valence-electron chi connectivity index (χ4n) is 2.18. The molecule has 21 heavy (non-hydrogen) atoms. The topological polar surface area (TPSA) is 102 Å². The number of carbonyl (C=O) groups excluding carboxylic acids is 1. The van der Waals surface area contributed by atoms with Gasteiger partial charge in [0.2, 0.25) is 11.9 Å². The summed E-state index contributed by atoms with van der Waals surface area (Å²) >= 11 is 0. The third-order valence-corrected chi connectivity index (χ3v) is 3.38. The lowest BCUT2D eigenvalue weighted by Gasteiger charge is -2.04. The van der Waals surface area contributed by atoms with Gasteiger partial charge in [-0.05, 0) is 26.0 Å². The number of benzene rings is 1. The van der Waals surface area contributed by atoms with E-state index in [0.29, 0.717) is 11.6 Å². The van der Waals surface area contributed by atoms with E-state index in [1.807, 2.05) is 38.1 Å². The van der Waals surface area contributed by atoms with E-state index in [-0.39, 0.29) is 12.5 Å². The van der Waals surface area contributed by atoms with E-state index in [1.54, 1.807) is 4.68 Å². The lowest BCUT2D eigenvalue weighted by Crippen LogP contribution is -2.21. The molecular formula is C14H16N6O. The lowest BCUT2D eigenvalue weighted by atomic mass is 10.3. The molecule has 0 spiro atoms. The van der Waals surface area contributed by atoms with Crippen molar-refractivity contribution in [1.82, 2.24) is 19.7 Å². The summed E-state index contributed by atoms with van der Waals surface area (Å²) in [7, 11) is 0. The Kier molecular flexibility index (Phi) is 3.09. The van der Waals surface area contributed by atoms with Gasteiger partial charge in [0.25, 0.3) is 0 Å². The third kappa shape index (κ3) is 2.45. The minimum Gasteiger partial charge on any atom is -0.396 e. The summed E-state index contributed by atoms with van der Waals surface area (Å²) in [6.45, 7) is 3.75. The number of amides is 1. The molecule has 3 aromatic rings. The molecule has 0 unspecified atom stereocenters. The van der Waals surface area contributed by atoms with Crippen molar-refractivity contribution in [3.63, 3.8) is 0 Å². The van der Waals surface area contributed by atoms with Crippen LogP contribution in [0, 0.1) is 13.8 Å². The Morgan fingerprint density at radius 3 is 2.81 bits per heavy atom. The molecule has 108 valence electrons. The smallest absolute Gasteiger partial charge is 0.248 e. The molecule has 2 heterocycles. The predicted molar refractivity (Wildman–Crippen MR) is 80.8 cm³/mol. The Morgan fingerprint density at radius 1 is 1.38 bits per heavy atom. The number of fused-ring (bicyclic) bond motifs is 1. The first-order chi connectivity index (χ1) is 10.0. The zero-order valence-electron chi connectivity index (χ0n) is 11.8. The van der Waals surface area contributed by atoms with Crippen LogP contribution in [0.2, 0.25) is 0 Å². The molecule has 0 aliphatic carbocycles. The van der Waals surface area contributed by atoms with E-state index < -0.39 is 0 Å². The highest BCUT2D eigenvalue weighted by atomic mass is 16.2. The second-order valence-electron chi connectivity index (χ2n) is 4.89. The zero-order valence-corrected chi connectivity index (χ0v) is 11.8. The number of hydrogen-bond donors (Lipinski definition) is 3. The second kappa shape index (κ2) is 4.93. The number of rotatable bonds is 3. The minimum absolute atomic E-state index is 0.0981. The molecule has 3 rings (SSSR count). The Morgan fingerprint density at radius 2 is 2.14 bits per heavy atom. The van der Waals surface area contributed by atoms with Crippen LogP contribution >= 0.6 is 0 Å². The molecule has 0 aliphatic heterocycles. The fourth-order valence-corrected chi connectivity index (χ4v) is 2.18. The van der Waals surface area contributed by atoms with Gasteiger partial charge in [0.15, 0.2) is 0 Å². The van der Waals surface area contributed by atoms with Gasteiger partial charge in [-0.25, -0.2) is 4.98 Å².